The fourth-order valence-electron chi connectivity index (χ4n) is 2.73. The van der Waals surface area contributed by atoms with Gasteiger partial charge in [0.25, 0.3) is 0 Å². The van der Waals surface area contributed by atoms with Gasteiger partial charge < -0.3 is 4.74 Å². The van der Waals surface area contributed by atoms with Crippen LogP contribution in [0.1, 0.15) is 32.9 Å². The minimum Gasteiger partial charge on any atom is -0.457 e. The van der Waals surface area contributed by atoms with Crippen molar-refractivity contribution < 1.29 is 9.53 Å². The lowest BCUT2D eigenvalue weighted by Crippen LogP contribution is -2.09. The third-order valence-corrected chi connectivity index (χ3v) is 3.99. The van der Waals surface area contributed by atoms with Gasteiger partial charge in [-0.25, -0.2) is 9.48 Å². The van der Waals surface area contributed by atoms with E-state index in [2.05, 4.69) is 11.2 Å². The maximum Gasteiger partial charge on any atom is 0.342 e. The third-order valence-electron chi connectivity index (χ3n) is 3.99. The third kappa shape index (κ3) is 3.29. The van der Waals surface area contributed by atoms with E-state index in [1.165, 1.54) is 0 Å². The van der Waals surface area contributed by atoms with E-state index >= 15 is 0 Å². The number of benzene rings is 2. The molecule has 0 bridgehead atoms. The molecule has 124 valence electrons. The summed E-state index contributed by atoms with van der Waals surface area (Å²) in [5, 5.41) is 13.6. The summed E-state index contributed by atoms with van der Waals surface area (Å²) in [6, 6.07) is 18.8. The van der Waals surface area contributed by atoms with Crippen LogP contribution in [-0.4, -0.2) is 15.7 Å². The molecular weight excluding hydrogens is 314 g/mol. The topological polar surface area (TPSA) is 67.9 Å². The van der Waals surface area contributed by atoms with Crippen LogP contribution in [0.25, 0.3) is 5.69 Å². The quantitative estimate of drug-likeness (QED) is 0.683. The second kappa shape index (κ2) is 7.02. The van der Waals surface area contributed by atoms with Crippen LogP contribution < -0.4 is 0 Å². The molecule has 0 spiro atoms. The number of esters is 1. The molecule has 2 aromatic carbocycles. The average molecular weight is 331 g/mol. The van der Waals surface area contributed by atoms with Gasteiger partial charge in [-0.3, -0.25) is 0 Å². The fraction of sp³-hybridized carbons (Fsp3) is 0.150. The number of carbonyl (C=O) groups is 1. The summed E-state index contributed by atoms with van der Waals surface area (Å²) in [6.45, 7) is 3.68. The first kappa shape index (κ1) is 16.5. The lowest BCUT2D eigenvalue weighted by atomic mass is 10.1. The van der Waals surface area contributed by atoms with Gasteiger partial charge >= 0.3 is 5.97 Å². The van der Waals surface area contributed by atoms with Crippen LogP contribution in [-0.2, 0) is 11.3 Å². The average Bonchev–Trinajstić information content (AvgIpc) is 2.95. The number of nitriles is 1. The van der Waals surface area contributed by atoms with Crippen molar-refractivity contribution in [3.8, 4) is 11.8 Å². The van der Waals surface area contributed by atoms with Crippen LogP contribution in [0.4, 0.5) is 0 Å². The van der Waals surface area contributed by atoms with Crippen LogP contribution in [0.2, 0.25) is 0 Å². The van der Waals surface area contributed by atoms with Gasteiger partial charge in [0.1, 0.15) is 12.2 Å². The number of hydrogen-bond acceptors (Lipinski definition) is 4. The number of aryl methyl sites for hydroxylation is 1. The van der Waals surface area contributed by atoms with E-state index in [0.717, 1.165) is 11.4 Å². The molecular formula is C20H17N3O2. The Kier molecular flexibility index (Phi) is 4.62. The Morgan fingerprint density at radius 1 is 1.12 bits per heavy atom. The van der Waals surface area contributed by atoms with Crippen molar-refractivity contribution in [3.05, 3.63) is 82.7 Å². The molecule has 0 amide bonds. The predicted molar refractivity (Wildman–Crippen MR) is 93.3 cm³/mol. The zero-order chi connectivity index (χ0) is 17.8. The summed E-state index contributed by atoms with van der Waals surface area (Å²) in [5.74, 6) is -0.440. The summed E-state index contributed by atoms with van der Waals surface area (Å²) >= 11 is 0. The highest BCUT2D eigenvalue weighted by Crippen LogP contribution is 2.19. The van der Waals surface area contributed by atoms with Crippen molar-refractivity contribution in [3.63, 3.8) is 0 Å². The Morgan fingerprint density at radius 2 is 1.80 bits per heavy atom. The highest BCUT2D eigenvalue weighted by atomic mass is 16.5. The molecule has 0 unspecified atom stereocenters. The SMILES string of the molecule is Cc1nn(-c2ccccc2)c(C)c1C(=O)OCc1ccccc1C#N. The van der Waals surface area contributed by atoms with Gasteiger partial charge in [0.15, 0.2) is 0 Å². The van der Waals surface area contributed by atoms with E-state index in [0.29, 0.717) is 22.4 Å². The molecule has 0 aliphatic carbocycles. The van der Waals surface area contributed by atoms with E-state index in [-0.39, 0.29) is 6.61 Å². The number of rotatable bonds is 4. The van der Waals surface area contributed by atoms with E-state index in [1.807, 2.05) is 43.3 Å². The molecule has 0 N–H and O–H groups in total. The second-order valence-corrected chi connectivity index (χ2v) is 5.64. The fourth-order valence-corrected chi connectivity index (χ4v) is 2.73. The van der Waals surface area contributed by atoms with Gasteiger partial charge in [0, 0.05) is 5.56 Å². The first-order valence-electron chi connectivity index (χ1n) is 7.88. The Morgan fingerprint density at radius 3 is 2.52 bits per heavy atom. The van der Waals surface area contributed by atoms with Crippen molar-refractivity contribution in [2.75, 3.05) is 0 Å². The molecule has 0 saturated carbocycles. The molecule has 0 aliphatic rings. The van der Waals surface area contributed by atoms with Gasteiger partial charge in [0.2, 0.25) is 0 Å². The molecule has 1 heterocycles. The van der Waals surface area contributed by atoms with E-state index in [4.69, 9.17) is 10.00 Å². The zero-order valence-corrected chi connectivity index (χ0v) is 14.1. The number of para-hydroxylation sites is 1. The van der Waals surface area contributed by atoms with Gasteiger partial charge in [-0.05, 0) is 32.0 Å². The van der Waals surface area contributed by atoms with Gasteiger partial charge in [-0.1, -0.05) is 36.4 Å². The maximum atomic E-state index is 12.5. The molecule has 0 fully saturated rings. The Bertz CT molecular complexity index is 953. The number of hydrogen-bond donors (Lipinski definition) is 0. The normalized spacial score (nSPS) is 10.3. The first-order chi connectivity index (χ1) is 12.1. The number of carbonyl (C=O) groups excluding carboxylic acids is 1. The number of ether oxygens (including phenoxy) is 1. The highest BCUT2D eigenvalue weighted by molar-refractivity contribution is 5.92. The second-order valence-electron chi connectivity index (χ2n) is 5.64. The lowest BCUT2D eigenvalue weighted by Gasteiger charge is -2.07. The predicted octanol–water partition coefficient (Wildman–Crippen LogP) is 3.72. The van der Waals surface area contributed by atoms with Crippen LogP contribution in [0.3, 0.4) is 0 Å². The summed E-state index contributed by atoms with van der Waals surface area (Å²) in [4.78, 5) is 12.5. The summed E-state index contributed by atoms with van der Waals surface area (Å²) in [5.41, 5.74) is 3.87. The Hall–Kier alpha value is -3.39. The molecule has 5 heteroatoms. The monoisotopic (exact) mass is 331 g/mol. The van der Waals surface area contributed by atoms with Gasteiger partial charge in [-0.2, -0.15) is 10.4 Å². The van der Waals surface area contributed by atoms with Crippen molar-refractivity contribution in [2.45, 2.75) is 20.5 Å². The Balaban J connectivity index is 1.84. The van der Waals surface area contributed by atoms with E-state index < -0.39 is 5.97 Å². The molecule has 0 radical (unpaired) electrons. The van der Waals surface area contributed by atoms with Crippen LogP contribution in [0, 0.1) is 25.2 Å². The number of nitrogens with zero attached hydrogens (tertiary/aromatic N) is 3. The van der Waals surface area contributed by atoms with Crippen molar-refractivity contribution in [2.24, 2.45) is 0 Å². The lowest BCUT2D eigenvalue weighted by molar-refractivity contribution is 0.0470. The summed E-state index contributed by atoms with van der Waals surface area (Å²) < 4.78 is 7.16. The van der Waals surface area contributed by atoms with Crippen molar-refractivity contribution in [1.29, 1.82) is 5.26 Å². The van der Waals surface area contributed by atoms with Gasteiger partial charge in [-0.15, -0.1) is 0 Å². The molecule has 5 nitrogen and oxygen atoms in total. The van der Waals surface area contributed by atoms with Crippen LogP contribution >= 0.6 is 0 Å². The van der Waals surface area contributed by atoms with Crippen molar-refractivity contribution in [1.82, 2.24) is 9.78 Å². The Labute approximate surface area is 146 Å². The molecule has 0 aliphatic heterocycles. The molecule has 1 aromatic heterocycles. The van der Waals surface area contributed by atoms with E-state index in [9.17, 15) is 4.79 Å². The number of aromatic nitrogens is 2. The van der Waals surface area contributed by atoms with Crippen LogP contribution in [0.15, 0.2) is 54.6 Å². The largest absolute Gasteiger partial charge is 0.457 e. The van der Waals surface area contributed by atoms with Gasteiger partial charge in [0.05, 0.1) is 28.7 Å². The molecule has 3 aromatic rings. The minimum absolute atomic E-state index is 0.0535. The smallest absolute Gasteiger partial charge is 0.342 e. The standard InChI is InChI=1S/C20H17N3O2/c1-14-19(15(2)23(22-14)18-10-4-3-5-11-18)20(24)25-13-17-9-7-6-8-16(17)12-21/h3-11H,13H2,1-2H3. The molecule has 0 saturated heterocycles. The molecule has 3 rings (SSSR count). The minimum atomic E-state index is -0.440. The molecule has 25 heavy (non-hydrogen) atoms. The first-order valence-corrected chi connectivity index (χ1v) is 7.88. The maximum absolute atomic E-state index is 12.5. The summed E-state index contributed by atoms with van der Waals surface area (Å²) in [7, 11) is 0. The zero-order valence-electron chi connectivity index (χ0n) is 14.1. The molecule has 0 atom stereocenters. The summed E-state index contributed by atoms with van der Waals surface area (Å²) in [6.07, 6.45) is 0. The highest BCUT2D eigenvalue weighted by Gasteiger charge is 2.21. The van der Waals surface area contributed by atoms with Crippen LogP contribution in [0.5, 0.6) is 0 Å². The van der Waals surface area contributed by atoms with Crippen molar-refractivity contribution >= 4 is 5.97 Å². The van der Waals surface area contributed by atoms with E-state index in [1.54, 1.807) is 29.8 Å².